The number of carbonyl (C=O) groups is 2. The van der Waals surface area contributed by atoms with Gasteiger partial charge in [-0.1, -0.05) is 23.2 Å². The number of carbonyl (C=O) groups excluding carboxylic acids is 2. The van der Waals surface area contributed by atoms with Crippen LogP contribution in [-0.2, 0) is 9.59 Å². The van der Waals surface area contributed by atoms with Gasteiger partial charge in [0, 0.05) is 18.7 Å². The monoisotopic (exact) mass is 534 g/mol. The number of benzene rings is 1. The molecule has 0 unspecified atom stereocenters. The molecule has 1 rings (SSSR count). The lowest BCUT2D eigenvalue weighted by atomic mass is 10.0. The average Bonchev–Trinajstić information content (AvgIpc) is 2.84. The molecule has 2 amide bonds. The van der Waals surface area contributed by atoms with Gasteiger partial charge in [0.2, 0.25) is 5.91 Å². The number of nitrogens with one attached hydrogen (secondary N) is 4. The van der Waals surface area contributed by atoms with Crippen LogP contribution in [0.1, 0.15) is 43.8 Å². The van der Waals surface area contributed by atoms with Crippen LogP contribution in [0.15, 0.2) is 24.3 Å². The summed E-state index contributed by atoms with van der Waals surface area (Å²) in [5, 5.41) is 33.2. The summed E-state index contributed by atoms with van der Waals surface area (Å²) in [7, 11) is 0. The van der Waals surface area contributed by atoms with Gasteiger partial charge in [0.05, 0.1) is 4.92 Å². The van der Waals surface area contributed by atoms with Gasteiger partial charge in [-0.15, -0.1) is 0 Å². The van der Waals surface area contributed by atoms with E-state index in [4.69, 9.17) is 28.9 Å². The molecular weight excluding hydrogens is 499 g/mol. The van der Waals surface area contributed by atoms with Crippen LogP contribution in [0.4, 0.5) is 5.69 Å². The van der Waals surface area contributed by atoms with E-state index in [9.17, 15) is 24.8 Å². The van der Waals surface area contributed by atoms with Crippen LogP contribution in [-0.4, -0.2) is 72.0 Å². The van der Waals surface area contributed by atoms with Crippen LogP contribution in [0, 0.1) is 10.1 Å². The molecule has 0 saturated carbocycles. The van der Waals surface area contributed by atoms with E-state index in [-0.39, 0.29) is 11.3 Å². The molecule has 2 atom stereocenters. The van der Waals surface area contributed by atoms with Crippen molar-refractivity contribution in [3.05, 3.63) is 39.9 Å². The van der Waals surface area contributed by atoms with Crippen LogP contribution in [0.25, 0.3) is 0 Å². The Hall–Kier alpha value is -2.02. The minimum atomic E-state index is -1.46. The van der Waals surface area contributed by atoms with Gasteiger partial charge < -0.3 is 32.1 Å². The maximum atomic E-state index is 12.7. The molecule has 35 heavy (non-hydrogen) atoms. The number of aliphatic hydroxyl groups excluding tert-OH is 1. The number of aliphatic hydroxyl groups is 1. The van der Waals surface area contributed by atoms with Crippen molar-refractivity contribution in [1.82, 2.24) is 21.3 Å². The van der Waals surface area contributed by atoms with E-state index in [1.165, 1.54) is 24.3 Å². The molecule has 0 fully saturated rings. The first-order valence-electron chi connectivity index (χ1n) is 11.7. The number of amides is 2. The number of nitro groups is 1. The first kappa shape index (κ1) is 31.0. The maximum Gasteiger partial charge on any atom is 0.269 e. The minimum absolute atomic E-state index is 0.168. The molecule has 1 aromatic carbocycles. The highest BCUT2D eigenvalue weighted by Gasteiger charge is 2.31. The molecule has 0 aliphatic heterocycles. The quantitative estimate of drug-likeness (QED) is 0.0662. The van der Waals surface area contributed by atoms with Gasteiger partial charge in [0.15, 0.2) is 4.84 Å². The van der Waals surface area contributed by atoms with E-state index in [1.54, 1.807) is 0 Å². The van der Waals surface area contributed by atoms with Crippen LogP contribution in [0.5, 0.6) is 0 Å². The smallest absolute Gasteiger partial charge is 0.269 e. The van der Waals surface area contributed by atoms with Crippen LogP contribution < -0.4 is 27.0 Å². The van der Waals surface area contributed by atoms with E-state index in [0.29, 0.717) is 19.5 Å². The van der Waals surface area contributed by atoms with Gasteiger partial charge in [-0.2, -0.15) is 0 Å². The molecule has 11 nitrogen and oxygen atoms in total. The molecule has 0 aliphatic rings. The predicted octanol–water partition coefficient (Wildman–Crippen LogP) is 1.12. The van der Waals surface area contributed by atoms with Crippen molar-refractivity contribution in [3.8, 4) is 0 Å². The Morgan fingerprint density at radius 2 is 1.46 bits per heavy atom. The highest BCUT2D eigenvalue weighted by molar-refractivity contribution is 6.53. The zero-order valence-corrected chi connectivity index (χ0v) is 21.2. The number of non-ortho nitro benzene ring substituents is 1. The van der Waals surface area contributed by atoms with E-state index in [2.05, 4.69) is 21.3 Å². The molecule has 198 valence electrons. The largest absolute Gasteiger partial charge is 0.386 e. The van der Waals surface area contributed by atoms with E-state index >= 15 is 0 Å². The Morgan fingerprint density at radius 1 is 0.914 bits per heavy atom. The van der Waals surface area contributed by atoms with Crippen molar-refractivity contribution in [1.29, 1.82) is 0 Å². The highest BCUT2D eigenvalue weighted by atomic mass is 35.5. The molecule has 0 spiro atoms. The molecule has 7 N–H and O–H groups in total. The first-order chi connectivity index (χ1) is 16.8. The third-order valence-electron chi connectivity index (χ3n) is 5.13. The molecule has 0 saturated heterocycles. The van der Waals surface area contributed by atoms with E-state index in [1.807, 2.05) is 0 Å². The molecule has 1 aromatic rings. The number of alkyl halides is 2. The summed E-state index contributed by atoms with van der Waals surface area (Å²) >= 11 is 11.1. The fourth-order valence-corrected chi connectivity index (χ4v) is 3.30. The number of nitrogens with zero attached hydrogens (tertiary/aromatic N) is 1. The van der Waals surface area contributed by atoms with Gasteiger partial charge in [0.1, 0.15) is 12.1 Å². The summed E-state index contributed by atoms with van der Waals surface area (Å²) in [6, 6.07) is 3.64. The number of hydrogen-bond donors (Lipinski definition) is 6. The van der Waals surface area contributed by atoms with Crippen molar-refractivity contribution in [2.24, 2.45) is 5.73 Å². The molecule has 13 heteroatoms. The summed E-state index contributed by atoms with van der Waals surface area (Å²) in [5.41, 5.74) is 5.50. The Morgan fingerprint density at radius 3 is 1.97 bits per heavy atom. The van der Waals surface area contributed by atoms with E-state index in [0.717, 1.165) is 51.9 Å². The number of halogens is 2. The predicted molar refractivity (Wildman–Crippen MR) is 136 cm³/mol. The molecule has 0 bridgehead atoms. The van der Waals surface area contributed by atoms with E-state index < -0.39 is 33.7 Å². The zero-order valence-electron chi connectivity index (χ0n) is 19.7. The average molecular weight is 535 g/mol. The zero-order chi connectivity index (χ0) is 26.1. The Balaban J connectivity index is 2.41. The number of unbranched alkanes of at least 4 members (excludes halogenated alkanes) is 2. The third kappa shape index (κ3) is 13.0. The second-order valence-corrected chi connectivity index (χ2v) is 9.02. The number of nitro benzene ring substituents is 1. The fraction of sp³-hybridized carbons (Fsp3) is 0.636. The summed E-state index contributed by atoms with van der Waals surface area (Å²) in [5.74, 6) is -1.47. The summed E-state index contributed by atoms with van der Waals surface area (Å²) in [6.45, 7) is 4.56. The van der Waals surface area contributed by atoms with Crippen molar-refractivity contribution in [2.75, 3.05) is 39.3 Å². The fourth-order valence-electron chi connectivity index (χ4n) is 3.17. The van der Waals surface area contributed by atoms with Crippen molar-refractivity contribution in [3.63, 3.8) is 0 Å². The molecular formula is C22H36Cl2N6O5. The highest BCUT2D eigenvalue weighted by Crippen LogP contribution is 2.21. The molecule has 0 radical (unpaired) electrons. The topological polar surface area (TPSA) is 172 Å². The summed E-state index contributed by atoms with van der Waals surface area (Å²) < 4.78 is 0. The van der Waals surface area contributed by atoms with Gasteiger partial charge in [-0.3, -0.25) is 19.7 Å². The van der Waals surface area contributed by atoms with Crippen LogP contribution >= 0.6 is 23.2 Å². The summed E-state index contributed by atoms with van der Waals surface area (Å²) in [4.78, 5) is 33.4. The number of nitrogens with two attached hydrogens (primary N) is 1. The standard InChI is InChI=1S/C22H36Cl2N6O5/c23-20(24)22(33)29-18(19(31)16-6-8-17(9-7-16)30(34)35)21(32)28-15-5-14-27-13-4-3-12-26-11-2-1-10-25/h6-9,18-20,26-27,31H,1-5,10-15,25H2,(H,28,32)(H,29,33)/t18-,19+/m0/s1. The normalized spacial score (nSPS) is 12.8. The number of rotatable bonds is 19. The Kier molecular flexibility index (Phi) is 16.2. The minimum Gasteiger partial charge on any atom is -0.386 e. The van der Waals surface area contributed by atoms with Crippen LogP contribution in [0.2, 0.25) is 0 Å². The van der Waals surface area contributed by atoms with Gasteiger partial charge in [-0.05, 0) is 82.5 Å². The van der Waals surface area contributed by atoms with Crippen molar-refractivity contribution < 1.29 is 19.6 Å². The van der Waals surface area contributed by atoms with Crippen LogP contribution in [0.3, 0.4) is 0 Å². The number of hydrogen-bond acceptors (Lipinski definition) is 8. The third-order valence-corrected chi connectivity index (χ3v) is 5.53. The molecule has 0 heterocycles. The Bertz CT molecular complexity index is 769. The Labute approximate surface area is 215 Å². The van der Waals surface area contributed by atoms with Crippen molar-refractivity contribution in [2.45, 2.75) is 49.1 Å². The second-order valence-electron chi connectivity index (χ2n) is 7.93. The molecule has 0 aromatic heterocycles. The van der Waals surface area contributed by atoms with Crippen molar-refractivity contribution >= 4 is 40.7 Å². The first-order valence-corrected chi connectivity index (χ1v) is 12.5. The maximum absolute atomic E-state index is 12.7. The lowest BCUT2D eigenvalue weighted by molar-refractivity contribution is -0.384. The van der Waals surface area contributed by atoms with Gasteiger partial charge in [0.25, 0.3) is 11.6 Å². The lowest BCUT2D eigenvalue weighted by Crippen LogP contribution is -2.51. The second kappa shape index (κ2) is 18.3. The SMILES string of the molecule is NCCCCNCCCCNCCCNC(=O)[C@@H](NC(=O)C(Cl)Cl)[C@H](O)c1ccc([N+](=O)[O-])cc1. The van der Waals surface area contributed by atoms with Gasteiger partial charge in [-0.25, -0.2) is 0 Å². The summed E-state index contributed by atoms with van der Waals surface area (Å²) in [6.07, 6.45) is 3.40. The van der Waals surface area contributed by atoms with Gasteiger partial charge >= 0.3 is 0 Å². The molecule has 0 aliphatic carbocycles. The lowest BCUT2D eigenvalue weighted by Gasteiger charge is -2.24.